The summed E-state index contributed by atoms with van der Waals surface area (Å²) < 4.78 is 0.770. The predicted octanol–water partition coefficient (Wildman–Crippen LogP) is 2.27. The van der Waals surface area contributed by atoms with E-state index in [1.54, 1.807) is 11.3 Å². The Balaban J connectivity index is 1.89. The Hall–Kier alpha value is -0.780. The second kappa shape index (κ2) is 4.00. The molecule has 0 aliphatic heterocycles. The number of rotatable bonds is 3. The van der Waals surface area contributed by atoms with Crippen LogP contribution >= 0.6 is 22.9 Å². The van der Waals surface area contributed by atoms with Gasteiger partial charge in [0.05, 0.1) is 10.9 Å². The first-order chi connectivity index (χ1) is 7.08. The van der Waals surface area contributed by atoms with Crippen molar-refractivity contribution in [3.8, 4) is 0 Å². The van der Waals surface area contributed by atoms with Crippen molar-refractivity contribution in [2.75, 3.05) is 6.54 Å². The number of nitrogens with zero attached hydrogens (tertiary/aromatic N) is 1. The monoisotopic (exact) mass is 246 g/mol. The first-order valence-electron chi connectivity index (χ1n) is 4.59. The lowest BCUT2D eigenvalue weighted by molar-refractivity contribution is -0.0431. The molecule has 1 aliphatic carbocycles. The summed E-state index contributed by atoms with van der Waals surface area (Å²) in [5.74, 6) is 0.716. The molecule has 4 nitrogen and oxygen atoms in total. The molecule has 1 fully saturated rings. The first kappa shape index (κ1) is 10.7. The van der Waals surface area contributed by atoms with Crippen LogP contribution < -0.4 is 5.73 Å². The quantitative estimate of drug-likeness (QED) is 0.635. The summed E-state index contributed by atoms with van der Waals surface area (Å²) in [4.78, 5) is 11.8. The Kier molecular flexibility index (Phi) is 2.86. The second-order valence-electron chi connectivity index (χ2n) is 3.66. The minimum atomic E-state index is -0.801. The van der Waals surface area contributed by atoms with Crippen molar-refractivity contribution in [2.45, 2.75) is 12.3 Å². The number of carbonyl (C=O) groups is 1. The van der Waals surface area contributed by atoms with Crippen LogP contribution in [-0.4, -0.2) is 22.8 Å². The third-order valence-electron chi connectivity index (χ3n) is 2.54. The van der Waals surface area contributed by atoms with Crippen molar-refractivity contribution in [3.63, 3.8) is 0 Å². The van der Waals surface area contributed by atoms with Crippen molar-refractivity contribution in [1.29, 1.82) is 0 Å². The smallest absolute Gasteiger partial charge is 0.338 e. The number of carbonyl (C=O) groups excluding carboxylic acids is 1. The van der Waals surface area contributed by atoms with Gasteiger partial charge in [0.15, 0.2) is 0 Å². The first-order valence-corrected chi connectivity index (χ1v) is 5.78. The van der Waals surface area contributed by atoms with Crippen LogP contribution in [0.1, 0.15) is 17.2 Å². The van der Waals surface area contributed by atoms with Crippen LogP contribution in [0.5, 0.6) is 0 Å². The summed E-state index contributed by atoms with van der Waals surface area (Å²) in [6, 6.07) is 3.05. The Morgan fingerprint density at radius 1 is 1.73 bits per heavy atom. The van der Waals surface area contributed by atoms with Crippen LogP contribution in [0.25, 0.3) is 0 Å². The fourth-order valence-electron chi connectivity index (χ4n) is 1.64. The Bertz CT molecular complexity index is 382. The minimum absolute atomic E-state index is 0.301. The van der Waals surface area contributed by atoms with E-state index in [0.717, 1.165) is 10.8 Å². The van der Waals surface area contributed by atoms with Crippen LogP contribution in [0, 0.1) is 5.92 Å². The van der Waals surface area contributed by atoms with Crippen LogP contribution in [0.3, 0.4) is 0 Å². The Labute approximate surface area is 96.2 Å². The summed E-state index contributed by atoms with van der Waals surface area (Å²) in [7, 11) is 0. The molecule has 1 aromatic rings. The van der Waals surface area contributed by atoms with Gasteiger partial charge in [-0.1, -0.05) is 11.6 Å². The van der Waals surface area contributed by atoms with Gasteiger partial charge in [-0.15, -0.1) is 11.3 Å². The normalized spacial score (nSPS) is 23.9. The van der Waals surface area contributed by atoms with Crippen molar-refractivity contribution in [1.82, 2.24) is 5.06 Å². The number of hydrogen-bond acceptors (Lipinski definition) is 3. The maximum Gasteiger partial charge on any atom is 0.338 e. The molecule has 0 radical (unpaired) electrons. The van der Waals surface area contributed by atoms with E-state index in [0.29, 0.717) is 23.4 Å². The van der Waals surface area contributed by atoms with Gasteiger partial charge >= 0.3 is 6.03 Å². The summed E-state index contributed by atoms with van der Waals surface area (Å²) in [6.07, 6.45) is 0.973. The molecule has 0 spiro atoms. The molecule has 2 rings (SSSR count). The fraction of sp³-hybridized carbons (Fsp3) is 0.444. The van der Waals surface area contributed by atoms with Crippen molar-refractivity contribution in [3.05, 3.63) is 21.3 Å². The van der Waals surface area contributed by atoms with E-state index >= 15 is 0 Å². The molecule has 1 saturated carbocycles. The zero-order chi connectivity index (χ0) is 11.0. The fourth-order valence-corrected chi connectivity index (χ4v) is 2.91. The summed E-state index contributed by atoms with van der Waals surface area (Å²) in [6.45, 7) is 0.301. The lowest BCUT2D eigenvalue weighted by Crippen LogP contribution is -2.34. The molecule has 2 amide bonds. The van der Waals surface area contributed by atoms with E-state index in [2.05, 4.69) is 0 Å². The lowest BCUT2D eigenvalue weighted by atomic mass is 10.2. The molecule has 1 heterocycles. The zero-order valence-corrected chi connectivity index (χ0v) is 9.46. The van der Waals surface area contributed by atoms with Gasteiger partial charge < -0.3 is 5.73 Å². The molecule has 15 heavy (non-hydrogen) atoms. The van der Waals surface area contributed by atoms with E-state index in [4.69, 9.17) is 22.5 Å². The van der Waals surface area contributed by atoms with Crippen LogP contribution in [0.15, 0.2) is 12.1 Å². The van der Waals surface area contributed by atoms with E-state index < -0.39 is 6.03 Å². The van der Waals surface area contributed by atoms with Gasteiger partial charge in [0.1, 0.15) is 0 Å². The van der Waals surface area contributed by atoms with E-state index in [1.165, 1.54) is 4.88 Å². The SMILES string of the molecule is NC(=O)N(O)C[C@@H]1C[C@H]1c1ccc(Cl)s1. The van der Waals surface area contributed by atoms with Crippen LogP contribution in [0.2, 0.25) is 4.34 Å². The topological polar surface area (TPSA) is 66.6 Å². The average Bonchev–Trinajstić information content (AvgIpc) is 2.79. The number of hydroxylamine groups is 2. The van der Waals surface area contributed by atoms with E-state index in [1.807, 2.05) is 12.1 Å². The highest BCUT2D eigenvalue weighted by molar-refractivity contribution is 7.16. The summed E-state index contributed by atoms with van der Waals surface area (Å²) >= 11 is 7.37. The Morgan fingerprint density at radius 2 is 2.47 bits per heavy atom. The van der Waals surface area contributed by atoms with Gasteiger partial charge in [-0.25, -0.2) is 9.86 Å². The summed E-state index contributed by atoms with van der Waals surface area (Å²) in [5.41, 5.74) is 4.92. The molecule has 3 N–H and O–H groups in total. The van der Waals surface area contributed by atoms with Gasteiger partial charge in [0.25, 0.3) is 0 Å². The van der Waals surface area contributed by atoms with Gasteiger partial charge in [0, 0.05) is 4.88 Å². The van der Waals surface area contributed by atoms with Crippen molar-refractivity contribution in [2.24, 2.45) is 11.7 Å². The van der Waals surface area contributed by atoms with E-state index in [-0.39, 0.29) is 0 Å². The van der Waals surface area contributed by atoms with Gasteiger partial charge in [-0.2, -0.15) is 0 Å². The van der Waals surface area contributed by atoms with Crippen LogP contribution in [0.4, 0.5) is 4.79 Å². The number of nitrogens with two attached hydrogens (primary N) is 1. The highest BCUT2D eigenvalue weighted by Crippen LogP contribution is 2.50. The molecule has 0 saturated heterocycles. The molecule has 0 bridgehead atoms. The van der Waals surface area contributed by atoms with Crippen LogP contribution in [-0.2, 0) is 0 Å². The van der Waals surface area contributed by atoms with Gasteiger partial charge in [-0.3, -0.25) is 5.21 Å². The predicted molar refractivity (Wildman–Crippen MR) is 58.3 cm³/mol. The highest BCUT2D eigenvalue weighted by atomic mass is 35.5. The molecule has 0 unspecified atom stereocenters. The molecular weight excluding hydrogens is 236 g/mol. The minimum Gasteiger partial charge on any atom is -0.350 e. The number of urea groups is 1. The number of hydrogen-bond donors (Lipinski definition) is 2. The third-order valence-corrected chi connectivity index (χ3v) is 3.91. The average molecular weight is 247 g/mol. The molecular formula is C9H11ClN2O2S. The Morgan fingerprint density at radius 3 is 3.00 bits per heavy atom. The summed E-state index contributed by atoms with van der Waals surface area (Å²) in [5, 5.41) is 9.71. The molecule has 6 heteroatoms. The van der Waals surface area contributed by atoms with Crippen molar-refractivity contribution < 1.29 is 10.0 Å². The maximum atomic E-state index is 10.6. The lowest BCUT2D eigenvalue weighted by Gasteiger charge is -2.10. The largest absolute Gasteiger partial charge is 0.350 e. The molecule has 82 valence electrons. The number of primary amides is 1. The number of amides is 2. The maximum absolute atomic E-state index is 10.6. The number of halogens is 1. The van der Waals surface area contributed by atoms with Gasteiger partial charge in [0.2, 0.25) is 0 Å². The third kappa shape index (κ3) is 2.42. The van der Waals surface area contributed by atoms with Crippen molar-refractivity contribution >= 4 is 29.0 Å². The standard InChI is InChI=1S/C9H11ClN2O2S/c10-8-2-1-7(15-8)6-3-5(6)4-12(14)9(11)13/h1-2,5-6,14H,3-4H2,(H2,11,13)/t5-,6+/m0/s1. The zero-order valence-electron chi connectivity index (χ0n) is 7.89. The van der Waals surface area contributed by atoms with E-state index in [9.17, 15) is 4.79 Å². The molecule has 1 aliphatic rings. The highest BCUT2D eigenvalue weighted by Gasteiger charge is 2.40. The molecule has 2 atom stereocenters. The molecule has 1 aromatic heterocycles. The number of thiophene rings is 1. The second-order valence-corrected chi connectivity index (χ2v) is 5.41. The molecule has 0 aromatic carbocycles. The van der Waals surface area contributed by atoms with Gasteiger partial charge in [-0.05, 0) is 30.4 Å².